The average Bonchev–Trinajstić information content (AvgIpc) is 2.93. The van der Waals surface area contributed by atoms with E-state index in [9.17, 15) is 4.79 Å². The molecular formula is C15H13N3O2. The molecule has 1 amide bonds. The highest BCUT2D eigenvalue weighted by atomic mass is 16.3. The Hall–Kier alpha value is -2.74. The lowest BCUT2D eigenvalue weighted by Gasteiger charge is -2.17. The van der Waals surface area contributed by atoms with E-state index in [0.717, 1.165) is 23.4 Å². The smallest absolute Gasteiger partial charge is 0.224 e. The number of carbonyl (C=O) groups excluding carboxylic acids is 1. The molecule has 2 N–H and O–H groups in total. The molecule has 2 heterocycles. The maximum atomic E-state index is 11.3. The minimum atomic E-state index is 0.0674. The fraction of sp³-hybridized carbons (Fsp3) is 0.200. The zero-order valence-electron chi connectivity index (χ0n) is 10.8. The van der Waals surface area contributed by atoms with Gasteiger partial charge in [-0.25, -0.2) is 0 Å². The number of aryl methyl sites for hydroxylation is 1. The number of nitrogens with zero attached hydrogens (tertiary/aromatic N) is 1. The molecule has 0 bridgehead atoms. The van der Waals surface area contributed by atoms with Crippen molar-refractivity contribution in [3.05, 3.63) is 47.4 Å². The third-order valence-electron chi connectivity index (χ3n) is 3.24. The van der Waals surface area contributed by atoms with Crippen LogP contribution in [0.4, 0.5) is 11.4 Å². The van der Waals surface area contributed by atoms with Gasteiger partial charge in [0.1, 0.15) is 11.8 Å². The van der Waals surface area contributed by atoms with Gasteiger partial charge in [0.15, 0.2) is 0 Å². The molecule has 1 aromatic carbocycles. The second-order valence-electron chi connectivity index (χ2n) is 4.65. The van der Waals surface area contributed by atoms with Crippen LogP contribution in [-0.4, -0.2) is 5.91 Å². The summed E-state index contributed by atoms with van der Waals surface area (Å²) in [6, 6.07) is 11.2. The second-order valence-corrected chi connectivity index (χ2v) is 4.65. The van der Waals surface area contributed by atoms with Crippen molar-refractivity contribution in [3.63, 3.8) is 0 Å². The summed E-state index contributed by atoms with van der Waals surface area (Å²) < 4.78 is 5.30. The van der Waals surface area contributed by atoms with Gasteiger partial charge in [0, 0.05) is 17.8 Å². The first-order valence-electron chi connectivity index (χ1n) is 6.40. The molecule has 20 heavy (non-hydrogen) atoms. The van der Waals surface area contributed by atoms with Crippen molar-refractivity contribution in [1.82, 2.24) is 0 Å². The van der Waals surface area contributed by atoms with Gasteiger partial charge >= 0.3 is 0 Å². The van der Waals surface area contributed by atoms with Crippen molar-refractivity contribution in [2.45, 2.75) is 19.4 Å². The second kappa shape index (κ2) is 5.10. The summed E-state index contributed by atoms with van der Waals surface area (Å²) in [5, 5.41) is 14.8. The van der Waals surface area contributed by atoms with E-state index in [0.29, 0.717) is 24.5 Å². The Morgan fingerprint density at radius 2 is 2.20 bits per heavy atom. The van der Waals surface area contributed by atoms with Gasteiger partial charge < -0.3 is 15.1 Å². The standard InChI is InChI=1S/C15H13N3O2/c16-8-12-3-4-13(20-12)9-17-11-2-5-14-10(7-11)1-6-15(19)18-14/h2-5,7,17H,1,6,9H2,(H,18,19). The van der Waals surface area contributed by atoms with Gasteiger partial charge in [-0.3, -0.25) is 4.79 Å². The first-order valence-corrected chi connectivity index (χ1v) is 6.40. The summed E-state index contributed by atoms with van der Waals surface area (Å²) in [6.45, 7) is 0.521. The summed E-state index contributed by atoms with van der Waals surface area (Å²) in [7, 11) is 0. The van der Waals surface area contributed by atoms with E-state index in [-0.39, 0.29) is 5.91 Å². The van der Waals surface area contributed by atoms with Crippen LogP contribution in [0.2, 0.25) is 0 Å². The highest BCUT2D eigenvalue weighted by molar-refractivity contribution is 5.94. The van der Waals surface area contributed by atoms with Crippen molar-refractivity contribution in [3.8, 4) is 6.07 Å². The fourth-order valence-corrected chi connectivity index (χ4v) is 2.22. The number of rotatable bonds is 3. The number of nitrogens with one attached hydrogen (secondary N) is 2. The molecule has 0 fully saturated rings. The third kappa shape index (κ3) is 2.50. The number of carbonyl (C=O) groups is 1. The van der Waals surface area contributed by atoms with E-state index in [4.69, 9.17) is 9.68 Å². The number of hydrogen-bond donors (Lipinski definition) is 2. The molecule has 5 nitrogen and oxygen atoms in total. The molecule has 0 aliphatic carbocycles. The summed E-state index contributed by atoms with van der Waals surface area (Å²) in [6.07, 6.45) is 1.29. The molecule has 1 aromatic heterocycles. The van der Waals surface area contributed by atoms with E-state index in [1.165, 1.54) is 0 Å². The van der Waals surface area contributed by atoms with Crippen molar-refractivity contribution < 1.29 is 9.21 Å². The molecule has 3 rings (SSSR count). The lowest BCUT2D eigenvalue weighted by atomic mass is 10.0. The largest absolute Gasteiger partial charge is 0.449 e. The number of nitriles is 1. The van der Waals surface area contributed by atoms with Crippen molar-refractivity contribution >= 4 is 17.3 Å². The molecule has 0 saturated heterocycles. The van der Waals surface area contributed by atoms with Crippen LogP contribution in [-0.2, 0) is 17.8 Å². The Labute approximate surface area is 116 Å². The summed E-state index contributed by atoms with van der Waals surface area (Å²) in [5.41, 5.74) is 2.98. The van der Waals surface area contributed by atoms with Crippen molar-refractivity contribution in [2.24, 2.45) is 0 Å². The van der Waals surface area contributed by atoms with Gasteiger partial charge in [0.25, 0.3) is 0 Å². The predicted molar refractivity (Wildman–Crippen MR) is 74.1 cm³/mol. The SMILES string of the molecule is N#Cc1ccc(CNc2ccc3c(c2)CCC(=O)N3)o1. The summed E-state index contributed by atoms with van der Waals surface area (Å²) >= 11 is 0. The minimum Gasteiger partial charge on any atom is -0.449 e. The number of fused-ring (bicyclic) bond motifs is 1. The lowest BCUT2D eigenvalue weighted by Crippen LogP contribution is -2.18. The highest BCUT2D eigenvalue weighted by Crippen LogP contribution is 2.25. The maximum Gasteiger partial charge on any atom is 0.224 e. The van der Waals surface area contributed by atoms with Crippen LogP contribution in [0.3, 0.4) is 0 Å². The molecular weight excluding hydrogens is 254 g/mol. The summed E-state index contributed by atoms with van der Waals surface area (Å²) in [5.74, 6) is 1.10. The predicted octanol–water partition coefficient (Wildman–Crippen LogP) is 2.65. The minimum absolute atomic E-state index is 0.0674. The number of furan rings is 1. The number of benzene rings is 1. The molecule has 1 aliphatic rings. The Bertz CT molecular complexity index is 697. The van der Waals surface area contributed by atoms with E-state index in [2.05, 4.69) is 10.6 Å². The van der Waals surface area contributed by atoms with Gasteiger partial charge in [-0.05, 0) is 42.3 Å². The molecule has 1 aliphatic heterocycles. The Morgan fingerprint density at radius 1 is 1.30 bits per heavy atom. The van der Waals surface area contributed by atoms with Crippen molar-refractivity contribution in [2.75, 3.05) is 10.6 Å². The molecule has 100 valence electrons. The quantitative estimate of drug-likeness (QED) is 0.896. The topological polar surface area (TPSA) is 78.1 Å². The van der Waals surface area contributed by atoms with E-state index < -0.39 is 0 Å². The Kier molecular flexibility index (Phi) is 3.13. The number of amides is 1. The van der Waals surface area contributed by atoms with E-state index in [1.54, 1.807) is 12.1 Å². The summed E-state index contributed by atoms with van der Waals surface area (Å²) in [4.78, 5) is 11.3. The fourth-order valence-electron chi connectivity index (χ4n) is 2.22. The molecule has 5 heteroatoms. The van der Waals surface area contributed by atoms with Crippen LogP contribution in [0, 0.1) is 11.3 Å². The average molecular weight is 267 g/mol. The third-order valence-corrected chi connectivity index (χ3v) is 3.24. The zero-order valence-corrected chi connectivity index (χ0v) is 10.8. The van der Waals surface area contributed by atoms with Gasteiger partial charge in [-0.1, -0.05) is 0 Å². The maximum absolute atomic E-state index is 11.3. The molecule has 2 aromatic rings. The first-order chi connectivity index (χ1) is 9.74. The Balaban J connectivity index is 1.69. The molecule has 0 atom stereocenters. The van der Waals surface area contributed by atoms with Crippen LogP contribution < -0.4 is 10.6 Å². The van der Waals surface area contributed by atoms with Gasteiger partial charge in [-0.2, -0.15) is 5.26 Å². The Morgan fingerprint density at radius 3 is 3.00 bits per heavy atom. The van der Waals surface area contributed by atoms with E-state index >= 15 is 0 Å². The van der Waals surface area contributed by atoms with Crippen LogP contribution in [0.1, 0.15) is 23.5 Å². The van der Waals surface area contributed by atoms with Crippen LogP contribution in [0.25, 0.3) is 0 Å². The molecule has 0 saturated carbocycles. The molecule has 0 spiro atoms. The first kappa shape index (κ1) is 12.3. The monoisotopic (exact) mass is 267 g/mol. The number of anilines is 2. The molecule has 0 radical (unpaired) electrons. The number of hydrogen-bond acceptors (Lipinski definition) is 4. The normalized spacial score (nSPS) is 13.2. The zero-order chi connectivity index (χ0) is 13.9. The molecule has 0 unspecified atom stereocenters. The van der Waals surface area contributed by atoms with Crippen LogP contribution >= 0.6 is 0 Å². The van der Waals surface area contributed by atoms with Gasteiger partial charge in [-0.15, -0.1) is 0 Å². The van der Waals surface area contributed by atoms with Crippen LogP contribution in [0.15, 0.2) is 34.7 Å². The highest BCUT2D eigenvalue weighted by Gasteiger charge is 2.14. The van der Waals surface area contributed by atoms with Crippen LogP contribution in [0.5, 0.6) is 0 Å². The van der Waals surface area contributed by atoms with Crippen molar-refractivity contribution in [1.29, 1.82) is 5.26 Å². The van der Waals surface area contributed by atoms with Gasteiger partial charge in [0.05, 0.1) is 6.54 Å². The van der Waals surface area contributed by atoms with Gasteiger partial charge in [0.2, 0.25) is 11.7 Å². The lowest BCUT2D eigenvalue weighted by molar-refractivity contribution is -0.116. The van der Waals surface area contributed by atoms with E-state index in [1.807, 2.05) is 24.3 Å².